The second-order valence-corrected chi connectivity index (χ2v) is 6.90. The van der Waals surface area contributed by atoms with Gasteiger partial charge in [0.15, 0.2) is 11.5 Å². The quantitative estimate of drug-likeness (QED) is 0.559. The van der Waals surface area contributed by atoms with Crippen LogP contribution in [0.4, 0.5) is 0 Å². The van der Waals surface area contributed by atoms with Crippen molar-refractivity contribution in [1.29, 1.82) is 0 Å². The van der Waals surface area contributed by atoms with E-state index in [1.54, 1.807) is 7.11 Å². The third-order valence-electron chi connectivity index (χ3n) is 5.15. The van der Waals surface area contributed by atoms with Gasteiger partial charge in [-0.3, -0.25) is 4.79 Å². The molecule has 6 heteroatoms. The Hall–Kier alpha value is -3.02. The van der Waals surface area contributed by atoms with Crippen LogP contribution in [-0.4, -0.2) is 29.2 Å². The van der Waals surface area contributed by atoms with Crippen LogP contribution >= 0.6 is 0 Å². The number of ether oxygens (including phenoxy) is 2. The molecular weight excluding hydrogens is 366 g/mol. The fourth-order valence-corrected chi connectivity index (χ4v) is 3.46. The predicted octanol–water partition coefficient (Wildman–Crippen LogP) is 4.18. The number of hydrogen-bond acceptors (Lipinski definition) is 4. The number of imidazole rings is 1. The number of aromatic nitrogens is 2. The van der Waals surface area contributed by atoms with Crippen LogP contribution < -0.4 is 14.8 Å². The summed E-state index contributed by atoms with van der Waals surface area (Å²) < 4.78 is 13.4. The molecule has 0 aliphatic carbocycles. The van der Waals surface area contributed by atoms with Gasteiger partial charge in [-0.15, -0.1) is 0 Å². The van der Waals surface area contributed by atoms with Crippen LogP contribution in [-0.2, 0) is 17.9 Å². The van der Waals surface area contributed by atoms with Gasteiger partial charge in [0.1, 0.15) is 12.4 Å². The molecule has 3 aromatic rings. The molecule has 1 amide bonds. The molecule has 0 radical (unpaired) electrons. The lowest BCUT2D eigenvalue weighted by molar-refractivity contribution is -0.125. The molecule has 0 saturated carbocycles. The molecule has 6 nitrogen and oxygen atoms in total. The van der Waals surface area contributed by atoms with Crippen LogP contribution in [0.1, 0.15) is 32.5 Å². The maximum atomic E-state index is 12.4. The molecule has 0 atom stereocenters. The van der Waals surface area contributed by atoms with Crippen LogP contribution in [0.5, 0.6) is 11.5 Å². The van der Waals surface area contributed by atoms with Crippen LogP contribution in [0, 0.1) is 5.92 Å². The summed E-state index contributed by atoms with van der Waals surface area (Å²) in [6.07, 6.45) is 1.68. The van der Waals surface area contributed by atoms with Crippen LogP contribution in [0.25, 0.3) is 11.0 Å². The molecule has 0 spiro atoms. The SMILES string of the molecule is CCC(CC)C(=O)NCc1nc2ccccc2n1CCOc1ccccc1OC. The number of nitrogens with zero attached hydrogens (tertiary/aromatic N) is 2. The first-order chi connectivity index (χ1) is 14.2. The van der Waals surface area contributed by atoms with Gasteiger partial charge in [-0.25, -0.2) is 4.98 Å². The Bertz CT molecular complexity index is 947. The van der Waals surface area contributed by atoms with Gasteiger partial charge in [0.05, 0.1) is 31.2 Å². The van der Waals surface area contributed by atoms with Crippen molar-refractivity contribution in [3.8, 4) is 11.5 Å². The summed E-state index contributed by atoms with van der Waals surface area (Å²) in [6, 6.07) is 15.6. The van der Waals surface area contributed by atoms with E-state index in [0.29, 0.717) is 31.2 Å². The van der Waals surface area contributed by atoms with Crippen molar-refractivity contribution in [3.05, 3.63) is 54.4 Å². The molecule has 29 heavy (non-hydrogen) atoms. The van der Waals surface area contributed by atoms with Gasteiger partial charge in [-0.2, -0.15) is 0 Å². The maximum Gasteiger partial charge on any atom is 0.223 e. The summed E-state index contributed by atoms with van der Waals surface area (Å²) in [4.78, 5) is 17.1. The van der Waals surface area contributed by atoms with Gasteiger partial charge in [-0.1, -0.05) is 38.1 Å². The fourth-order valence-electron chi connectivity index (χ4n) is 3.46. The lowest BCUT2D eigenvalue weighted by Gasteiger charge is -2.15. The zero-order valence-corrected chi connectivity index (χ0v) is 17.4. The van der Waals surface area contributed by atoms with Crippen molar-refractivity contribution in [2.24, 2.45) is 5.92 Å². The first kappa shape index (κ1) is 20.7. The third-order valence-corrected chi connectivity index (χ3v) is 5.15. The third kappa shape index (κ3) is 4.88. The van der Waals surface area contributed by atoms with Gasteiger partial charge in [0, 0.05) is 5.92 Å². The number of nitrogens with one attached hydrogen (secondary N) is 1. The Morgan fingerprint density at radius 1 is 1.07 bits per heavy atom. The van der Waals surface area contributed by atoms with Gasteiger partial charge >= 0.3 is 0 Å². The van der Waals surface area contributed by atoms with Crippen molar-refractivity contribution < 1.29 is 14.3 Å². The van der Waals surface area contributed by atoms with E-state index in [4.69, 9.17) is 14.5 Å². The van der Waals surface area contributed by atoms with Crippen molar-refractivity contribution in [2.75, 3.05) is 13.7 Å². The van der Waals surface area contributed by atoms with E-state index in [0.717, 1.165) is 29.7 Å². The zero-order valence-electron chi connectivity index (χ0n) is 17.4. The van der Waals surface area contributed by atoms with E-state index in [1.165, 1.54) is 0 Å². The second kappa shape index (κ2) is 9.96. The fraction of sp³-hybridized carbons (Fsp3) is 0.391. The number of rotatable bonds is 10. The van der Waals surface area contributed by atoms with Crippen LogP contribution in [0.15, 0.2) is 48.5 Å². The number of fused-ring (bicyclic) bond motifs is 1. The molecule has 1 aromatic heterocycles. The molecule has 0 unspecified atom stereocenters. The highest BCUT2D eigenvalue weighted by Gasteiger charge is 2.16. The number of hydrogen-bond donors (Lipinski definition) is 1. The molecule has 0 saturated heterocycles. The number of carbonyl (C=O) groups is 1. The minimum absolute atomic E-state index is 0.0432. The highest BCUT2D eigenvalue weighted by Crippen LogP contribution is 2.26. The Labute approximate surface area is 171 Å². The largest absolute Gasteiger partial charge is 0.493 e. The highest BCUT2D eigenvalue weighted by molar-refractivity contribution is 5.79. The average Bonchev–Trinajstić information content (AvgIpc) is 3.11. The van der Waals surface area contributed by atoms with Crippen molar-refractivity contribution >= 4 is 16.9 Å². The molecule has 3 rings (SSSR count). The maximum absolute atomic E-state index is 12.4. The summed E-state index contributed by atoms with van der Waals surface area (Å²) in [5.74, 6) is 2.37. The molecule has 2 aromatic carbocycles. The minimum atomic E-state index is 0.0432. The summed E-state index contributed by atoms with van der Waals surface area (Å²) in [5, 5.41) is 3.05. The number of para-hydroxylation sites is 4. The second-order valence-electron chi connectivity index (χ2n) is 6.90. The molecule has 0 bridgehead atoms. The summed E-state index contributed by atoms with van der Waals surface area (Å²) in [5.41, 5.74) is 1.94. The lowest BCUT2D eigenvalue weighted by Crippen LogP contribution is -2.31. The molecule has 1 N–H and O–H groups in total. The standard InChI is InChI=1S/C23H29N3O3/c1-4-17(5-2)23(27)24-16-22-25-18-10-6-7-11-19(18)26(22)14-15-29-21-13-9-8-12-20(21)28-3/h6-13,17H,4-5,14-16H2,1-3H3,(H,24,27). The summed E-state index contributed by atoms with van der Waals surface area (Å²) >= 11 is 0. The highest BCUT2D eigenvalue weighted by atomic mass is 16.5. The molecule has 0 fully saturated rings. The van der Waals surface area contributed by atoms with E-state index in [9.17, 15) is 4.79 Å². The van der Waals surface area contributed by atoms with E-state index in [-0.39, 0.29) is 11.8 Å². The summed E-state index contributed by atoms with van der Waals surface area (Å²) in [7, 11) is 1.63. The van der Waals surface area contributed by atoms with Gasteiger partial charge in [-0.05, 0) is 37.1 Å². The van der Waals surface area contributed by atoms with Gasteiger partial charge in [0.2, 0.25) is 5.91 Å². The average molecular weight is 396 g/mol. The van der Waals surface area contributed by atoms with Crippen molar-refractivity contribution in [1.82, 2.24) is 14.9 Å². The first-order valence-electron chi connectivity index (χ1n) is 10.2. The number of carbonyl (C=O) groups excluding carboxylic acids is 1. The Balaban J connectivity index is 1.74. The van der Waals surface area contributed by atoms with Crippen molar-refractivity contribution in [2.45, 2.75) is 39.8 Å². The molecule has 1 heterocycles. The molecular formula is C23H29N3O3. The minimum Gasteiger partial charge on any atom is -0.493 e. The number of methoxy groups -OCH3 is 1. The molecule has 0 aliphatic heterocycles. The summed E-state index contributed by atoms with van der Waals surface area (Å²) in [6.45, 7) is 5.57. The number of amides is 1. The first-order valence-corrected chi connectivity index (χ1v) is 10.2. The van der Waals surface area contributed by atoms with Crippen LogP contribution in [0.2, 0.25) is 0 Å². The van der Waals surface area contributed by atoms with Crippen molar-refractivity contribution in [3.63, 3.8) is 0 Å². The normalized spacial score (nSPS) is 11.0. The Kier molecular flexibility index (Phi) is 7.11. The van der Waals surface area contributed by atoms with Crippen LogP contribution in [0.3, 0.4) is 0 Å². The smallest absolute Gasteiger partial charge is 0.223 e. The molecule has 0 aliphatic rings. The molecule has 154 valence electrons. The number of benzene rings is 2. The van der Waals surface area contributed by atoms with Gasteiger partial charge < -0.3 is 19.4 Å². The predicted molar refractivity (Wildman–Crippen MR) is 114 cm³/mol. The van der Waals surface area contributed by atoms with E-state index in [2.05, 4.69) is 9.88 Å². The van der Waals surface area contributed by atoms with E-state index in [1.807, 2.05) is 62.4 Å². The van der Waals surface area contributed by atoms with Gasteiger partial charge in [0.25, 0.3) is 0 Å². The topological polar surface area (TPSA) is 65.4 Å². The monoisotopic (exact) mass is 395 g/mol. The zero-order chi connectivity index (χ0) is 20.6. The lowest BCUT2D eigenvalue weighted by atomic mass is 10.0. The Morgan fingerprint density at radius 3 is 2.48 bits per heavy atom. The Morgan fingerprint density at radius 2 is 1.76 bits per heavy atom. The van der Waals surface area contributed by atoms with E-state index < -0.39 is 0 Å². The van der Waals surface area contributed by atoms with E-state index >= 15 is 0 Å².